The molecule has 204 valence electrons. The summed E-state index contributed by atoms with van der Waals surface area (Å²) >= 11 is 1.83. The molecule has 2 fully saturated rings. The number of hydrogen-bond acceptors (Lipinski definition) is 6. The fraction of sp³-hybridized carbons (Fsp3) is 0.600. The summed E-state index contributed by atoms with van der Waals surface area (Å²) in [5.74, 6) is 0. The van der Waals surface area contributed by atoms with E-state index in [1.54, 1.807) is 0 Å². The lowest BCUT2D eigenvalue weighted by atomic mass is 9.78. The van der Waals surface area contributed by atoms with Gasteiger partial charge < -0.3 is 23.5 Å². The van der Waals surface area contributed by atoms with Crippen LogP contribution in [0.5, 0.6) is 0 Å². The van der Waals surface area contributed by atoms with Crippen molar-refractivity contribution in [1.82, 2.24) is 0 Å². The van der Waals surface area contributed by atoms with E-state index >= 15 is 0 Å². The molecule has 3 heterocycles. The molecule has 0 saturated carbocycles. The summed E-state index contributed by atoms with van der Waals surface area (Å²) in [5, 5.41) is 0. The molecule has 0 unspecified atom stereocenters. The number of hydrogen-bond donors (Lipinski definition) is 0. The molecular weight excluding hydrogens is 492 g/mol. The monoisotopic (exact) mass is 535 g/mol. The van der Waals surface area contributed by atoms with Gasteiger partial charge in [0.15, 0.2) is 0 Å². The van der Waals surface area contributed by atoms with Gasteiger partial charge in [-0.3, -0.25) is 0 Å². The van der Waals surface area contributed by atoms with E-state index in [0.717, 1.165) is 23.9 Å². The topological polar surface area (TPSA) is 40.2 Å². The molecule has 0 atom stereocenters. The second-order valence-electron chi connectivity index (χ2n) is 12.9. The molecule has 2 aromatic rings. The molecule has 0 bridgehead atoms. The Morgan fingerprint density at radius 2 is 1.05 bits per heavy atom. The van der Waals surface area contributed by atoms with E-state index < -0.39 is 0 Å². The molecule has 0 radical (unpaired) electrons. The Hall–Kier alpha value is -1.44. The molecular formula is C30H43B2NO4S. The summed E-state index contributed by atoms with van der Waals surface area (Å²) < 4.78 is 25.6. The first kappa shape index (κ1) is 28.1. The van der Waals surface area contributed by atoms with E-state index in [0.29, 0.717) is 0 Å². The van der Waals surface area contributed by atoms with Gasteiger partial charge in [-0.05, 0) is 97.0 Å². The predicted molar refractivity (Wildman–Crippen MR) is 160 cm³/mol. The minimum atomic E-state index is -0.380. The molecule has 3 aliphatic heterocycles. The third kappa shape index (κ3) is 4.96. The minimum Gasteiger partial charge on any atom is -0.399 e. The highest BCUT2D eigenvalue weighted by atomic mass is 32.2. The summed E-state index contributed by atoms with van der Waals surface area (Å²) in [5.41, 5.74) is 3.09. The van der Waals surface area contributed by atoms with Crippen molar-refractivity contribution < 1.29 is 18.6 Å². The van der Waals surface area contributed by atoms with Crippen molar-refractivity contribution in [2.75, 3.05) is 11.4 Å². The average molecular weight is 535 g/mol. The third-order valence-electron chi connectivity index (χ3n) is 9.05. The Morgan fingerprint density at radius 3 is 1.45 bits per heavy atom. The smallest absolute Gasteiger partial charge is 0.399 e. The minimum absolute atomic E-state index is 0.369. The number of nitrogens with zero attached hydrogens (tertiary/aromatic N) is 1. The predicted octanol–water partition coefficient (Wildman–Crippen LogP) is 6.47. The van der Waals surface area contributed by atoms with E-state index in [9.17, 15) is 0 Å². The maximum Gasteiger partial charge on any atom is 0.494 e. The van der Waals surface area contributed by atoms with Gasteiger partial charge in [-0.2, -0.15) is 0 Å². The highest BCUT2D eigenvalue weighted by molar-refractivity contribution is 7.99. The van der Waals surface area contributed by atoms with Crippen LogP contribution in [0.3, 0.4) is 0 Å². The van der Waals surface area contributed by atoms with E-state index in [1.165, 1.54) is 40.4 Å². The van der Waals surface area contributed by atoms with E-state index in [2.05, 4.69) is 104 Å². The Morgan fingerprint density at radius 1 is 0.632 bits per heavy atom. The zero-order valence-electron chi connectivity index (χ0n) is 24.6. The fourth-order valence-electron chi connectivity index (χ4n) is 5.10. The highest BCUT2D eigenvalue weighted by Crippen LogP contribution is 2.48. The number of anilines is 2. The van der Waals surface area contributed by atoms with Gasteiger partial charge in [0.05, 0.1) is 33.8 Å². The molecule has 8 heteroatoms. The van der Waals surface area contributed by atoms with E-state index in [1.807, 2.05) is 11.8 Å². The number of rotatable bonds is 7. The maximum absolute atomic E-state index is 6.40. The van der Waals surface area contributed by atoms with Gasteiger partial charge in [0, 0.05) is 16.3 Å². The summed E-state index contributed by atoms with van der Waals surface area (Å²) in [4.78, 5) is 5.01. The van der Waals surface area contributed by atoms with Gasteiger partial charge >= 0.3 is 14.2 Å². The maximum atomic E-state index is 6.40. The van der Waals surface area contributed by atoms with Crippen molar-refractivity contribution in [3.8, 4) is 0 Å². The van der Waals surface area contributed by atoms with E-state index in [-0.39, 0.29) is 36.6 Å². The van der Waals surface area contributed by atoms with Gasteiger partial charge in [-0.15, -0.1) is 0 Å². The van der Waals surface area contributed by atoms with Gasteiger partial charge in [0.1, 0.15) is 0 Å². The molecule has 5 nitrogen and oxygen atoms in total. The quantitative estimate of drug-likeness (QED) is 0.299. The Labute approximate surface area is 234 Å². The molecule has 38 heavy (non-hydrogen) atoms. The highest BCUT2D eigenvalue weighted by Gasteiger charge is 2.53. The first-order valence-electron chi connectivity index (χ1n) is 14.2. The first-order chi connectivity index (χ1) is 17.7. The standard InChI is InChI=1S/C30H43B2NO4S/c1-10-11-12-13-18-33-23-19-21(31-34-27(2,3)28(4,5)35-31)14-16-25(23)38-26-17-15-22(20-24(26)33)32-36-29(6,7)30(8,9)37-32/h14-17,19-20H,10-13,18H2,1-9H3. The molecule has 5 rings (SSSR count). The number of unbranched alkanes of at least 4 members (excludes halogenated alkanes) is 3. The van der Waals surface area contributed by atoms with Gasteiger partial charge in [-0.25, -0.2) is 0 Å². The van der Waals surface area contributed by atoms with Crippen LogP contribution < -0.4 is 15.8 Å². The molecule has 3 aliphatic rings. The summed E-state index contributed by atoms with van der Waals surface area (Å²) in [6.45, 7) is 20.1. The van der Waals surface area contributed by atoms with Crippen molar-refractivity contribution in [1.29, 1.82) is 0 Å². The van der Waals surface area contributed by atoms with E-state index in [4.69, 9.17) is 18.6 Å². The molecule has 0 N–H and O–H groups in total. The lowest BCUT2D eigenvalue weighted by molar-refractivity contribution is 0.00578. The second kappa shape index (κ2) is 9.88. The van der Waals surface area contributed by atoms with Crippen LogP contribution in [0.1, 0.15) is 88.0 Å². The van der Waals surface area contributed by atoms with Crippen molar-refractivity contribution in [2.45, 2.75) is 120 Å². The SMILES string of the molecule is CCCCCCN1c2cc(B3OC(C)(C)C(C)(C)O3)ccc2Sc2ccc(B3OC(C)(C)C(C)(C)O3)cc21. The van der Waals surface area contributed by atoms with Gasteiger partial charge in [-0.1, -0.05) is 50.1 Å². The van der Waals surface area contributed by atoms with Crippen LogP contribution in [0.15, 0.2) is 46.2 Å². The molecule has 0 amide bonds. The Kier molecular flexibility index (Phi) is 7.31. The first-order valence-corrected chi connectivity index (χ1v) is 15.0. The van der Waals surface area contributed by atoms with Crippen LogP contribution in [0, 0.1) is 0 Å². The fourth-order valence-corrected chi connectivity index (χ4v) is 6.16. The largest absolute Gasteiger partial charge is 0.494 e. The Balaban J connectivity index is 1.49. The molecule has 2 saturated heterocycles. The van der Waals surface area contributed by atoms with Crippen LogP contribution in [-0.4, -0.2) is 43.2 Å². The van der Waals surface area contributed by atoms with Crippen LogP contribution >= 0.6 is 11.8 Å². The summed E-state index contributed by atoms with van der Waals surface area (Å²) in [6, 6.07) is 13.3. The average Bonchev–Trinajstić information content (AvgIpc) is 3.20. The lowest BCUT2D eigenvalue weighted by Gasteiger charge is -2.34. The van der Waals surface area contributed by atoms with Gasteiger partial charge in [0.25, 0.3) is 0 Å². The number of fused-ring (bicyclic) bond motifs is 2. The Bertz CT molecular complexity index is 1080. The summed E-state index contributed by atoms with van der Waals surface area (Å²) in [7, 11) is -0.760. The third-order valence-corrected chi connectivity index (χ3v) is 10.2. The van der Waals surface area contributed by atoms with Crippen molar-refractivity contribution in [2.24, 2.45) is 0 Å². The molecule has 0 aromatic heterocycles. The zero-order valence-corrected chi connectivity index (χ0v) is 25.5. The normalized spacial score (nSPS) is 22.5. The van der Waals surface area contributed by atoms with Crippen LogP contribution in [0.4, 0.5) is 11.4 Å². The molecule has 2 aromatic carbocycles. The van der Waals surface area contributed by atoms with Crippen molar-refractivity contribution in [3.63, 3.8) is 0 Å². The molecule has 0 spiro atoms. The summed E-state index contributed by atoms with van der Waals surface area (Å²) in [6.07, 6.45) is 4.84. The van der Waals surface area contributed by atoms with Crippen LogP contribution in [-0.2, 0) is 18.6 Å². The van der Waals surface area contributed by atoms with Crippen molar-refractivity contribution >= 4 is 48.3 Å². The van der Waals surface area contributed by atoms with Crippen molar-refractivity contribution in [3.05, 3.63) is 36.4 Å². The lowest BCUT2D eigenvalue weighted by Crippen LogP contribution is -2.41. The number of benzene rings is 2. The van der Waals surface area contributed by atoms with Gasteiger partial charge in [0.2, 0.25) is 0 Å². The zero-order chi connectivity index (χ0) is 27.5. The molecule has 0 aliphatic carbocycles. The van der Waals surface area contributed by atoms with Crippen LogP contribution in [0.2, 0.25) is 0 Å². The second-order valence-corrected chi connectivity index (χ2v) is 14.0. The van der Waals surface area contributed by atoms with Crippen LogP contribution in [0.25, 0.3) is 0 Å².